The first-order valence-electron chi connectivity index (χ1n) is 5.80. The number of rotatable bonds is 4. The normalized spacial score (nSPS) is 11.4. The van der Waals surface area contributed by atoms with Crippen LogP contribution in [0.1, 0.15) is 21.6 Å². The molecule has 0 aliphatic heterocycles. The molecular weight excluding hydrogens is 289 g/mol. The van der Waals surface area contributed by atoms with Crippen molar-refractivity contribution in [1.82, 2.24) is 14.8 Å². The number of pyridine rings is 1. The van der Waals surface area contributed by atoms with Crippen molar-refractivity contribution in [1.29, 1.82) is 0 Å². The van der Waals surface area contributed by atoms with Crippen molar-refractivity contribution < 1.29 is 23.1 Å². The summed E-state index contributed by atoms with van der Waals surface area (Å²) in [7, 11) is 1.69. The molecule has 0 saturated carbocycles. The minimum atomic E-state index is -4.64. The Hall–Kier alpha value is -2.58. The van der Waals surface area contributed by atoms with E-state index in [2.05, 4.69) is 15.4 Å². The first-order valence-corrected chi connectivity index (χ1v) is 5.80. The predicted molar refractivity (Wildman–Crippen MR) is 66.7 cm³/mol. The molecule has 21 heavy (non-hydrogen) atoms. The molecule has 0 amide bonds. The van der Waals surface area contributed by atoms with Crippen LogP contribution in [-0.4, -0.2) is 25.8 Å². The molecule has 0 aliphatic rings. The van der Waals surface area contributed by atoms with E-state index in [-0.39, 0.29) is 17.9 Å². The van der Waals surface area contributed by atoms with Crippen LogP contribution in [0, 0.1) is 0 Å². The predicted octanol–water partition coefficient (Wildman–Crippen LogP) is 2.14. The van der Waals surface area contributed by atoms with Gasteiger partial charge in [-0.1, -0.05) is 0 Å². The van der Waals surface area contributed by atoms with Crippen molar-refractivity contribution in [3.63, 3.8) is 0 Å². The van der Waals surface area contributed by atoms with Gasteiger partial charge in [-0.15, -0.1) is 0 Å². The highest BCUT2D eigenvalue weighted by Crippen LogP contribution is 2.29. The summed E-state index contributed by atoms with van der Waals surface area (Å²) in [6.45, 7) is 0.114. The van der Waals surface area contributed by atoms with Crippen LogP contribution in [0.4, 0.5) is 19.0 Å². The van der Waals surface area contributed by atoms with Gasteiger partial charge >= 0.3 is 12.1 Å². The van der Waals surface area contributed by atoms with Crippen molar-refractivity contribution in [3.05, 3.63) is 41.3 Å². The van der Waals surface area contributed by atoms with E-state index in [1.165, 1.54) is 10.9 Å². The average Bonchev–Trinajstić information content (AvgIpc) is 2.80. The van der Waals surface area contributed by atoms with Gasteiger partial charge in [0.1, 0.15) is 17.1 Å². The molecule has 0 saturated heterocycles. The molecule has 0 aromatic carbocycles. The molecule has 0 atom stereocenters. The average molecular weight is 300 g/mol. The number of hydrogen-bond donors (Lipinski definition) is 2. The maximum atomic E-state index is 12.6. The Morgan fingerprint density at radius 3 is 2.67 bits per heavy atom. The third kappa shape index (κ3) is 3.50. The summed E-state index contributed by atoms with van der Waals surface area (Å²) in [5.74, 6) is -1.69. The number of halogens is 3. The summed E-state index contributed by atoms with van der Waals surface area (Å²) in [4.78, 5) is 14.4. The Morgan fingerprint density at radius 2 is 2.14 bits per heavy atom. The molecule has 9 heteroatoms. The van der Waals surface area contributed by atoms with Gasteiger partial charge in [0.25, 0.3) is 0 Å². The lowest BCUT2D eigenvalue weighted by atomic mass is 10.2. The highest BCUT2D eigenvalue weighted by molar-refractivity contribution is 5.93. The maximum Gasteiger partial charge on any atom is 0.433 e. The molecule has 112 valence electrons. The van der Waals surface area contributed by atoms with E-state index >= 15 is 0 Å². The standard InChI is InChI=1S/C12H11F3N4O2/c1-19-6-7(5-17-19)4-16-10-8(11(20)21)2-3-9(18-10)12(13,14)15/h2-3,5-6H,4H2,1H3,(H,16,18)(H,20,21). The second-order valence-corrected chi connectivity index (χ2v) is 4.27. The number of carboxylic acids is 1. The van der Waals surface area contributed by atoms with E-state index in [1.54, 1.807) is 13.2 Å². The lowest BCUT2D eigenvalue weighted by Crippen LogP contribution is -2.14. The fourth-order valence-electron chi connectivity index (χ4n) is 1.67. The highest BCUT2D eigenvalue weighted by atomic mass is 19.4. The number of nitrogens with one attached hydrogen (secondary N) is 1. The van der Waals surface area contributed by atoms with E-state index < -0.39 is 17.8 Å². The van der Waals surface area contributed by atoms with Crippen LogP contribution in [0.15, 0.2) is 24.5 Å². The van der Waals surface area contributed by atoms with Crippen LogP contribution in [-0.2, 0) is 19.8 Å². The van der Waals surface area contributed by atoms with Gasteiger partial charge in [0.15, 0.2) is 0 Å². The van der Waals surface area contributed by atoms with E-state index in [0.29, 0.717) is 11.6 Å². The van der Waals surface area contributed by atoms with Gasteiger partial charge < -0.3 is 10.4 Å². The Labute approximate surface area is 117 Å². The summed E-state index contributed by atoms with van der Waals surface area (Å²) >= 11 is 0. The number of nitrogens with zero attached hydrogens (tertiary/aromatic N) is 3. The second kappa shape index (κ2) is 5.43. The minimum Gasteiger partial charge on any atom is -0.478 e. The van der Waals surface area contributed by atoms with Crippen LogP contribution in [0.2, 0.25) is 0 Å². The third-order valence-electron chi connectivity index (χ3n) is 2.63. The van der Waals surface area contributed by atoms with E-state index in [0.717, 1.165) is 6.07 Å². The van der Waals surface area contributed by atoms with Crippen molar-refractivity contribution in [2.45, 2.75) is 12.7 Å². The first kappa shape index (κ1) is 14.8. The third-order valence-corrected chi connectivity index (χ3v) is 2.63. The molecule has 0 spiro atoms. The number of carbonyl (C=O) groups is 1. The number of aromatic nitrogens is 3. The number of aromatic carboxylic acids is 1. The van der Waals surface area contributed by atoms with Gasteiger partial charge in [-0.05, 0) is 12.1 Å². The van der Waals surface area contributed by atoms with E-state index in [4.69, 9.17) is 5.11 Å². The Morgan fingerprint density at radius 1 is 1.43 bits per heavy atom. The molecule has 0 unspecified atom stereocenters. The molecule has 2 aromatic heterocycles. The van der Waals surface area contributed by atoms with Crippen LogP contribution < -0.4 is 5.32 Å². The fourth-order valence-corrected chi connectivity index (χ4v) is 1.67. The van der Waals surface area contributed by atoms with Crippen molar-refractivity contribution in [3.8, 4) is 0 Å². The molecule has 0 fully saturated rings. The number of aryl methyl sites for hydroxylation is 1. The Balaban J connectivity index is 2.28. The molecule has 0 bridgehead atoms. The topological polar surface area (TPSA) is 80.0 Å². The van der Waals surface area contributed by atoms with Crippen molar-refractivity contribution in [2.24, 2.45) is 7.05 Å². The fraction of sp³-hybridized carbons (Fsp3) is 0.250. The lowest BCUT2D eigenvalue weighted by molar-refractivity contribution is -0.141. The lowest BCUT2D eigenvalue weighted by Gasteiger charge is -2.11. The van der Waals surface area contributed by atoms with Gasteiger partial charge in [-0.2, -0.15) is 18.3 Å². The second-order valence-electron chi connectivity index (χ2n) is 4.27. The van der Waals surface area contributed by atoms with Gasteiger partial charge in [-0.25, -0.2) is 9.78 Å². The molecule has 0 aliphatic carbocycles. The number of alkyl halides is 3. The Kier molecular flexibility index (Phi) is 3.83. The first-order chi connectivity index (χ1) is 9.77. The Bertz CT molecular complexity index is 667. The summed E-state index contributed by atoms with van der Waals surface area (Å²) < 4.78 is 39.4. The number of carboxylic acid groups (broad SMARTS) is 1. The highest BCUT2D eigenvalue weighted by Gasteiger charge is 2.33. The zero-order chi connectivity index (χ0) is 15.6. The molecule has 2 N–H and O–H groups in total. The van der Waals surface area contributed by atoms with Crippen molar-refractivity contribution >= 4 is 11.8 Å². The van der Waals surface area contributed by atoms with Gasteiger partial charge in [0.2, 0.25) is 0 Å². The monoisotopic (exact) mass is 300 g/mol. The van der Waals surface area contributed by atoms with E-state index in [1.807, 2.05) is 0 Å². The summed E-state index contributed by atoms with van der Waals surface area (Å²) in [5.41, 5.74) is -0.791. The van der Waals surface area contributed by atoms with Gasteiger partial charge in [0, 0.05) is 25.4 Å². The number of anilines is 1. The zero-order valence-electron chi connectivity index (χ0n) is 10.8. The summed E-state index contributed by atoms with van der Waals surface area (Å²) in [5, 5.41) is 15.5. The quantitative estimate of drug-likeness (QED) is 0.904. The summed E-state index contributed by atoms with van der Waals surface area (Å²) in [6.07, 6.45) is -1.47. The maximum absolute atomic E-state index is 12.6. The van der Waals surface area contributed by atoms with Crippen LogP contribution in [0.3, 0.4) is 0 Å². The number of hydrogen-bond acceptors (Lipinski definition) is 4. The van der Waals surface area contributed by atoms with Crippen LogP contribution in [0.25, 0.3) is 0 Å². The molecule has 2 rings (SSSR count). The smallest absolute Gasteiger partial charge is 0.433 e. The largest absolute Gasteiger partial charge is 0.478 e. The zero-order valence-corrected chi connectivity index (χ0v) is 10.8. The minimum absolute atomic E-state index is 0.114. The summed E-state index contributed by atoms with van der Waals surface area (Å²) in [6, 6.07) is 1.52. The molecular formula is C12H11F3N4O2. The van der Waals surface area contributed by atoms with Gasteiger partial charge in [0.05, 0.1) is 6.20 Å². The molecule has 6 nitrogen and oxygen atoms in total. The van der Waals surface area contributed by atoms with Crippen LogP contribution in [0.5, 0.6) is 0 Å². The SMILES string of the molecule is Cn1cc(CNc2nc(C(F)(F)F)ccc2C(=O)O)cn1. The molecule has 0 radical (unpaired) electrons. The van der Waals surface area contributed by atoms with E-state index in [9.17, 15) is 18.0 Å². The molecule has 2 heterocycles. The van der Waals surface area contributed by atoms with Crippen LogP contribution >= 0.6 is 0 Å². The molecule has 2 aromatic rings. The van der Waals surface area contributed by atoms with Crippen molar-refractivity contribution in [2.75, 3.05) is 5.32 Å². The van der Waals surface area contributed by atoms with Gasteiger partial charge in [-0.3, -0.25) is 4.68 Å².